The van der Waals surface area contributed by atoms with Crippen LogP contribution < -0.4 is 10.2 Å². The van der Waals surface area contributed by atoms with Crippen molar-refractivity contribution in [3.63, 3.8) is 0 Å². The summed E-state index contributed by atoms with van der Waals surface area (Å²) in [5.41, 5.74) is 0. The number of aromatic nitrogens is 1. The first-order valence-corrected chi connectivity index (χ1v) is 7.30. The Hall–Kier alpha value is -1.16. The lowest BCUT2D eigenvalue weighted by atomic mass is 9.90. The van der Waals surface area contributed by atoms with Crippen molar-refractivity contribution in [2.75, 3.05) is 24.5 Å². The van der Waals surface area contributed by atoms with E-state index in [2.05, 4.69) is 29.0 Å². The number of nitrogens with zero attached hydrogens (tertiary/aromatic N) is 2. The number of hydrogen-bond donors (Lipinski definition) is 1. The predicted molar refractivity (Wildman–Crippen MR) is 76.9 cm³/mol. The van der Waals surface area contributed by atoms with Gasteiger partial charge in [0.1, 0.15) is 11.6 Å². The van der Waals surface area contributed by atoms with E-state index in [0.29, 0.717) is 6.04 Å². The van der Waals surface area contributed by atoms with Crippen LogP contribution in [0.25, 0.3) is 0 Å². The first kappa shape index (κ1) is 14.3. The summed E-state index contributed by atoms with van der Waals surface area (Å²) in [6, 6.07) is 3.84. The molecular formula is C15H24FN3. The molecule has 1 saturated heterocycles. The zero-order valence-corrected chi connectivity index (χ0v) is 11.9. The second-order valence-corrected chi connectivity index (χ2v) is 5.40. The summed E-state index contributed by atoms with van der Waals surface area (Å²) >= 11 is 0. The van der Waals surface area contributed by atoms with E-state index < -0.39 is 0 Å². The summed E-state index contributed by atoms with van der Waals surface area (Å²) in [6.45, 7) is 7.61. The highest BCUT2D eigenvalue weighted by atomic mass is 19.1. The number of piperidine rings is 1. The minimum Gasteiger partial charge on any atom is -0.357 e. The molecule has 3 nitrogen and oxygen atoms in total. The number of halogens is 1. The van der Waals surface area contributed by atoms with Gasteiger partial charge in [0, 0.05) is 19.1 Å². The fourth-order valence-electron chi connectivity index (χ4n) is 2.72. The molecule has 4 heteroatoms. The van der Waals surface area contributed by atoms with Crippen LogP contribution in [0.15, 0.2) is 18.3 Å². The Bertz CT molecular complexity index is 371. The Morgan fingerprint density at radius 3 is 2.74 bits per heavy atom. The van der Waals surface area contributed by atoms with Crippen molar-refractivity contribution in [1.29, 1.82) is 0 Å². The summed E-state index contributed by atoms with van der Waals surface area (Å²) < 4.78 is 12.9. The average Bonchev–Trinajstić information content (AvgIpc) is 2.46. The molecular weight excluding hydrogens is 241 g/mol. The van der Waals surface area contributed by atoms with Crippen LogP contribution in [0, 0.1) is 11.7 Å². The number of rotatable bonds is 5. The Balaban J connectivity index is 1.83. The fraction of sp³-hybridized carbons (Fsp3) is 0.667. The number of pyridine rings is 1. The highest BCUT2D eigenvalue weighted by molar-refractivity contribution is 5.38. The summed E-state index contributed by atoms with van der Waals surface area (Å²) in [5.74, 6) is 1.37. The van der Waals surface area contributed by atoms with Crippen LogP contribution >= 0.6 is 0 Å². The monoisotopic (exact) mass is 265 g/mol. The van der Waals surface area contributed by atoms with Gasteiger partial charge in [-0.1, -0.05) is 6.92 Å². The lowest BCUT2D eigenvalue weighted by molar-refractivity contribution is 0.311. The molecule has 0 spiro atoms. The Kier molecular flexibility index (Phi) is 5.14. The van der Waals surface area contributed by atoms with E-state index in [4.69, 9.17) is 0 Å². The van der Waals surface area contributed by atoms with Gasteiger partial charge in [-0.05, 0) is 50.8 Å². The largest absolute Gasteiger partial charge is 0.357 e. The molecule has 2 heterocycles. The highest BCUT2D eigenvalue weighted by Gasteiger charge is 2.23. The number of nitrogens with one attached hydrogen (secondary N) is 1. The van der Waals surface area contributed by atoms with Crippen molar-refractivity contribution in [2.24, 2.45) is 5.92 Å². The SMILES string of the molecule is CCCNC(C)C1CCN(c2ccc(F)cn2)CC1. The topological polar surface area (TPSA) is 28.2 Å². The van der Waals surface area contributed by atoms with Gasteiger partial charge in [0.2, 0.25) is 0 Å². The van der Waals surface area contributed by atoms with E-state index in [9.17, 15) is 4.39 Å². The second kappa shape index (κ2) is 6.85. The average molecular weight is 265 g/mol. The van der Waals surface area contributed by atoms with Gasteiger partial charge in [-0.15, -0.1) is 0 Å². The zero-order valence-electron chi connectivity index (χ0n) is 11.9. The maximum atomic E-state index is 12.9. The van der Waals surface area contributed by atoms with Gasteiger partial charge < -0.3 is 10.2 Å². The van der Waals surface area contributed by atoms with E-state index in [-0.39, 0.29) is 5.82 Å². The highest BCUT2D eigenvalue weighted by Crippen LogP contribution is 2.24. The molecule has 0 bridgehead atoms. The number of anilines is 1. The molecule has 1 aliphatic rings. The molecule has 1 N–H and O–H groups in total. The molecule has 1 atom stereocenters. The molecule has 1 fully saturated rings. The van der Waals surface area contributed by atoms with E-state index in [1.54, 1.807) is 6.07 Å². The van der Waals surface area contributed by atoms with Gasteiger partial charge in [-0.3, -0.25) is 0 Å². The molecule has 0 radical (unpaired) electrons. The van der Waals surface area contributed by atoms with Gasteiger partial charge in [-0.25, -0.2) is 9.37 Å². The summed E-state index contributed by atoms with van der Waals surface area (Å²) in [4.78, 5) is 6.41. The number of hydrogen-bond acceptors (Lipinski definition) is 3. The van der Waals surface area contributed by atoms with Crippen LogP contribution in [0.3, 0.4) is 0 Å². The van der Waals surface area contributed by atoms with Crippen molar-refractivity contribution in [3.05, 3.63) is 24.1 Å². The third-order valence-electron chi connectivity index (χ3n) is 4.00. The fourth-order valence-corrected chi connectivity index (χ4v) is 2.72. The Morgan fingerprint density at radius 1 is 1.42 bits per heavy atom. The molecule has 0 amide bonds. The molecule has 2 rings (SSSR count). The maximum absolute atomic E-state index is 12.9. The molecule has 106 valence electrons. The molecule has 0 aliphatic carbocycles. The van der Waals surface area contributed by atoms with E-state index in [1.807, 2.05) is 0 Å². The van der Waals surface area contributed by atoms with Crippen LogP contribution in [0.2, 0.25) is 0 Å². The van der Waals surface area contributed by atoms with Gasteiger partial charge in [-0.2, -0.15) is 0 Å². The van der Waals surface area contributed by atoms with Crippen LogP contribution in [0.5, 0.6) is 0 Å². The van der Waals surface area contributed by atoms with Crippen molar-refractivity contribution in [3.8, 4) is 0 Å². The van der Waals surface area contributed by atoms with Gasteiger partial charge in [0.25, 0.3) is 0 Å². The van der Waals surface area contributed by atoms with Crippen molar-refractivity contribution < 1.29 is 4.39 Å². The van der Waals surface area contributed by atoms with Crippen molar-refractivity contribution in [1.82, 2.24) is 10.3 Å². The molecule has 0 aromatic carbocycles. The standard InChI is InChI=1S/C15H24FN3/c1-3-8-17-12(2)13-6-9-19(10-7-13)15-5-4-14(16)11-18-15/h4-5,11-13,17H,3,6-10H2,1-2H3. The normalized spacial score (nSPS) is 18.6. The van der Waals surface area contributed by atoms with Crippen LogP contribution in [-0.4, -0.2) is 30.7 Å². The summed E-state index contributed by atoms with van der Waals surface area (Å²) in [7, 11) is 0. The van der Waals surface area contributed by atoms with E-state index in [0.717, 1.165) is 31.4 Å². The zero-order chi connectivity index (χ0) is 13.7. The molecule has 1 aromatic rings. The van der Waals surface area contributed by atoms with Crippen molar-refractivity contribution >= 4 is 5.82 Å². The van der Waals surface area contributed by atoms with Crippen LogP contribution in [0.1, 0.15) is 33.1 Å². The van der Waals surface area contributed by atoms with Crippen LogP contribution in [0.4, 0.5) is 10.2 Å². The molecule has 1 aromatic heterocycles. The van der Waals surface area contributed by atoms with Gasteiger partial charge >= 0.3 is 0 Å². The molecule has 1 unspecified atom stereocenters. The second-order valence-electron chi connectivity index (χ2n) is 5.40. The third-order valence-corrected chi connectivity index (χ3v) is 4.00. The van der Waals surface area contributed by atoms with Gasteiger partial charge in [0.15, 0.2) is 0 Å². The quantitative estimate of drug-likeness (QED) is 0.887. The minimum absolute atomic E-state index is 0.268. The minimum atomic E-state index is -0.268. The predicted octanol–water partition coefficient (Wildman–Crippen LogP) is 2.83. The summed E-state index contributed by atoms with van der Waals surface area (Å²) in [6.07, 6.45) is 4.84. The smallest absolute Gasteiger partial charge is 0.141 e. The first-order chi connectivity index (χ1) is 9.20. The lowest BCUT2D eigenvalue weighted by Gasteiger charge is -2.35. The maximum Gasteiger partial charge on any atom is 0.141 e. The third kappa shape index (κ3) is 3.90. The van der Waals surface area contributed by atoms with E-state index in [1.165, 1.54) is 31.5 Å². The molecule has 1 aliphatic heterocycles. The van der Waals surface area contributed by atoms with E-state index >= 15 is 0 Å². The van der Waals surface area contributed by atoms with Gasteiger partial charge in [0.05, 0.1) is 6.20 Å². The lowest BCUT2D eigenvalue weighted by Crippen LogP contribution is -2.42. The molecule has 19 heavy (non-hydrogen) atoms. The Labute approximate surface area is 115 Å². The Morgan fingerprint density at radius 2 is 2.16 bits per heavy atom. The molecule has 0 saturated carbocycles. The summed E-state index contributed by atoms with van der Waals surface area (Å²) in [5, 5.41) is 3.58. The van der Waals surface area contributed by atoms with Crippen molar-refractivity contribution in [2.45, 2.75) is 39.2 Å². The van der Waals surface area contributed by atoms with Crippen LogP contribution in [-0.2, 0) is 0 Å². The first-order valence-electron chi connectivity index (χ1n) is 7.30.